The third-order valence-electron chi connectivity index (χ3n) is 4.12. The van der Waals surface area contributed by atoms with E-state index in [1.807, 2.05) is 30.3 Å². The largest absolute Gasteiger partial charge is 0.573 e. The van der Waals surface area contributed by atoms with Crippen molar-refractivity contribution in [1.29, 1.82) is 0 Å². The summed E-state index contributed by atoms with van der Waals surface area (Å²) in [5.41, 5.74) is 8.39. The molecule has 30 heavy (non-hydrogen) atoms. The predicted octanol–water partition coefficient (Wildman–Crippen LogP) is 4.99. The molecule has 0 fully saturated rings. The third-order valence-corrected chi connectivity index (χ3v) is 4.12. The number of benzene rings is 2. The molecule has 0 bridgehead atoms. The Morgan fingerprint density at radius 1 is 0.833 bits per heavy atom. The zero-order valence-electron chi connectivity index (χ0n) is 15.3. The topological polar surface area (TPSA) is 98.0 Å². The molecule has 2 aromatic heterocycles. The highest BCUT2D eigenvalue weighted by atomic mass is 19.4. The van der Waals surface area contributed by atoms with E-state index < -0.39 is 6.36 Å². The van der Waals surface area contributed by atoms with Crippen LogP contribution in [0, 0.1) is 0 Å². The molecule has 152 valence electrons. The summed E-state index contributed by atoms with van der Waals surface area (Å²) in [5.74, 6) is 0.336. The van der Waals surface area contributed by atoms with Gasteiger partial charge in [-0.3, -0.25) is 4.98 Å². The zero-order chi connectivity index (χ0) is 21.1. The standard InChI is InChI=1S/C20H15F3N6O/c21-20(22,23)30-14-8-6-13(7-9-14)28-18-16(24)19(27-11-26-18)29-15-5-1-3-12-4-2-10-25-17(12)15/h1-11H,24H2,(H2,26,27,28,29). The average Bonchev–Trinajstić information content (AvgIpc) is 2.71. The maximum Gasteiger partial charge on any atom is 0.573 e. The predicted molar refractivity (Wildman–Crippen MR) is 108 cm³/mol. The maximum atomic E-state index is 12.3. The number of halogens is 3. The number of alkyl halides is 3. The Bertz CT molecular complexity index is 1180. The van der Waals surface area contributed by atoms with Crippen LogP contribution in [0.5, 0.6) is 5.75 Å². The second-order valence-corrected chi connectivity index (χ2v) is 6.19. The number of anilines is 5. The van der Waals surface area contributed by atoms with Crippen LogP contribution in [0.2, 0.25) is 0 Å². The number of rotatable bonds is 5. The van der Waals surface area contributed by atoms with Crippen LogP contribution < -0.4 is 21.1 Å². The van der Waals surface area contributed by atoms with Gasteiger partial charge in [0.15, 0.2) is 11.6 Å². The SMILES string of the molecule is Nc1c(Nc2ccc(OC(F)(F)F)cc2)ncnc1Nc1cccc2cccnc12. The summed E-state index contributed by atoms with van der Waals surface area (Å²) < 4.78 is 40.7. The molecule has 2 heterocycles. The molecule has 4 N–H and O–H groups in total. The molecule has 4 rings (SSSR count). The lowest BCUT2D eigenvalue weighted by Crippen LogP contribution is -2.17. The van der Waals surface area contributed by atoms with E-state index in [9.17, 15) is 13.2 Å². The summed E-state index contributed by atoms with van der Waals surface area (Å²) in [7, 11) is 0. The van der Waals surface area contributed by atoms with Gasteiger partial charge in [0.1, 0.15) is 17.8 Å². The van der Waals surface area contributed by atoms with Gasteiger partial charge in [0, 0.05) is 17.3 Å². The zero-order valence-corrected chi connectivity index (χ0v) is 15.3. The van der Waals surface area contributed by atoms with Gasteiger partial charge >= 0.3 is 6.36 Å². The minimum Gasteiger partial charge on any atom is -0.406 e. The summed E-state index contributed by atoms with van der Waals surface area (Å²) in [6.45, 7) is 0. The molecular formula is C20H15F3N6O. The fourth-order valence-corrected chi connectivity index (χ4v) is 2.80. The van der Waals surface area contributed by atoms with Crippen molar-refractivity contribution >= 4 is 39.6 Å². The second kappa shape index (κ2) is 7.74. The first-order chi connectivity index (χ1) is 14.4. The average molecular weight is 412 g/mol. The van der Waals surface area contributed by atoms with Crippen LogP contribution in [0.15, 0.2) is 67.1 Å². The van der Waals surface area contributed by atoms with E-state index in [2.05, 4.69) is 30.3 Å². The van der Waals surface area contributed by atoms with Crippen LogP contribution in [0.3, 0.4) is 0 Å². The number of aromatic nitrogens is 3. The van der Waals surface area contributed by atoms with Crippen molar-refractivity contribution in [1.82, 2.24) is 15.0 Å². The quantitative estimate of drug-likeness (QED) is 0.425. The van der Waals surface area contributed by atoms with Crippen molar-refractivity contribution in [2.24, 2.45) is 0 Å². The van der Waals surface area contributed by atoms with E-state index in [0.29, 0.717) is 17.3 Å². The number of hydrogen-bond acceptors (Lipinski definition) is 7. The van der Waals surface area contributed by atoms with Crippen molar-refractivity contribution < 1.29 is 17.9 Å². The van der Waals surface area contributed by atoms with Gasteiger partial charge in [-0.15, -0.1) is 13.2 Å². The van der Waals surface area contributed by atoms with Gasteiger partial charge in [-0.05, 0) is 36.4 Å². The first kappa shape index (κ1) is 19.2. The van der Waals surface area contributed by atoms with Crippen LogP contribution in [-0.2, 0) is 0 Å². The highest BCUT2D eigenvalue weighted by Crippen LogP contribution is 2.31. The Morgan fingerprint density at radius 3 is 2.27 bits per heavy atom. The molecule has 0 radical (unpaired) electrons. The monoisotopic (exact) mass is 412 g/mol. The van der Waals surface area contributed by atoms with Crippen molar-refractivity contribution in [2.45, 2.75) is 6.36 Å². The van der Waals surface area contributed by atoms with Crippen molar-refractivity contribution in [2.75, 3.05) is 16.4 Å². The highest BCUT2D eigenvalue weighted by molar-refractivity contribution is 5.93. The number of hydrogen-bond donors (Lipinski definition) is 3. The number of pyridine rings is 1. The van der Waals surface area contributed by atoms with E-state index in [1.54, 1.807) is 6.20 Å². The molecule has 2 aromatic carbocycles. The Balaban J connectivity index is 1.56. The Hall–Kier alpha value is -4.08. The first-order valence-electron chi connectivity index (χ1n) is 8.73. The van der Waals surface area contributed by atoms with Gasteiger partial charge in [0.05, 0.1) is 11.2 Å². The number of nitrogens with two attached hydrogens (primary N) is 1. The van der Waals surface area contributed by atoms with Crippen LogP contribution in [0.1, 0.15) is 0 Å². The van der Waals surface area contributed by atoms with Gasteiger partial charge < -0.3 is 21.1 Å². The number of fused-ring (bicyclic) bond motifs is 1. The molecule has 7 nitrogen and oxygen atoms in total. The third kappa shape index (κ3) is 4.32. The van der Waals surface area contributed by atoms with Crippen molar-refractivity contribution in [3.8, 4) is 5.75 Å². The van der Waals surface area contributed by atoms with Crippen molar-refractivity contribution in [3.05, 3.63) is 67.1 Å². The van der Waals surface area contributed by atoms with E-state index in [0.717, 1.165) is 16.6 Å². The number of para-hydroxylation sites is 1. The van der Waals surface area contributed by atoms with Gasteiger partial charge in [0.2, 0.25) is 0 Å². The summed E-state index contributed by atoms with van der Waals surface area (Å²) in [4.78, 5) is 12.7. The molecule has 4 aromatic rings. The fourth-order valence-electron chi connectivity index (χ4n) is 2.80. The van der Waals surface area contributed by atoms with Gasteiger partial charge in [-0.2, -0.15) is 0 Å². The lowest BCUT2D eigenvalue weighted by Gasteiger charge is -2.14. The van der Waals surface area contributed by atoms with Crippen molar-refractivity contribution in [3.63, 3.8) is 0 Å². The lowest BCUT2D eigenvalue weighted by molar-refractivity contribution is -0.274. The summed E-state index contributed by atoms with van der Waals surface area (Å²) >= 11 is 0. The minimum atomic E-state index is -4.75. The van der Waals surface area contributed by atoms with E-state index in [-0.39, 0.29) is 11.4 Å². The van der Waals surface area contributed by atoms with Crippen LogP contribution in [-0.4, -0.2) is 21.3 Å². The van der Waals surface area contributed by atoms with E-state index in [4.69, 9.17) is 5.73 Å². The molecule has 10 heteroatoms. The molecule has 0 saturated heterocycles. The Morgan fingerprint density at radius 2 is 1.53 bits per heavy atom. The molecular weight excluding hydrogens is 397 g/mol. The highest BCUT2D eigenvalue weighted by Gasteiger charge is 2.30. The molecule has 0 aliphatic heterocycles. The van der Waals surface area contributed by atoms with Crippen LogP contribution in [0.25, 0.3) is 10.9 Å². The second-order valence-electron chi connectivity index (χ2n) is 6.19. The van der Waals surface area contributed by atoms with Crippen LogP contribution >= 0.6 is 0 Å². The summed E-state index contributed by atoms with van der Waals surface area (Å²) in [6, 6.07) is 14.7. The molecule has 0 atom stereocenters. The number of nitrogens with zero attached hydrogens (tertiary/aromatic N) is 3. The molecule has 0 saturated carbocycles. The van der Waals surface area contributed by atoms with Gasteiger partial charge in [-0.1, -0.05) is 18.2 Å². The maximum absolute atomic E-state index is 12.3. The smallest absolute Gasteiger partial charge is 0.406 e. The van der Waals surface area contributed by atoms with E-state index in [1.165, 1.54) is 30.6 Å². The number of ether oxygens (including phenoxy) is 1. The van der Waals surface area contributed by atoms with E-state index >= 15 is 0 Å². The number of nitrogen functional groups attached to an aromatic ring is 1. The Kier molecular flexibility index (Phi) is 4.97. The van der Waals surface area contributed by atoms with Gasteiger partial charge in [0.25, 0.3) is 0 Å². The minimum absolute atomic E-state index is 0.237. The van der Waals surface area contributed by atoms with Crippen LogP contribution in [0.4, 0.5) is 41.9 Å². The lowest BCUT2D eigenvalue weighted by atomic mass is 10.2. The van der Waals surface area contributed by atoms with Gasteiger partial charge in [-0.25, -0.2) is 9.97 Å². The fraction of sp³-hybridized carbons (Fsp3) is 0.0500. The molecule has 0 amide bonds. The molecule has 0 aliphatic carbocycles. The molecule has 0 aliphatic rings. The Labute approximate surface area is 168 Å². The molecule has 0 unspecified atom stereocenters. The first-order valence-corrected chi connectivity index (χ1v) is 8.73. The summed E-state index contributed by atoms with van der Waals surface area (Å²) in [6.07, 6.45) is -1.74. The molecule has 0 spiro atoms. The normalized spacial score (nSPS) is 11.3. The number of nitrogens with one attached hydrogen (secondary N) is 2. The summed E-state index contributed by atoms with van der Waals surface area (Å²) in [5, 5.41) is 7.06.